The molecule has 0 bridgehead atoms. The molecule has 1 aliphatic rings. The molecule has 1 saturated heterocycles. The summed E-state index contributed by atoms with van der Waals surface area (Å²) in [5, 5.41) is 4.42. The molecule has 0 aliphatic carbocycles. The van der Waals surface area contributed by atoms with Crippen LogP contribution in [0.4, 0.5) is 0 Å². The second kappa shape index (κ2) is 5.41. The van der Waals surface area contributed by atoms with Crippen LogP contribution in [-0.4, -0.2) is 34.3 Å². The van der Waals surface area contributed by atoms with E-state index in [0.717, 1.165) is 26.1 Å². The van der Waals surface area contributed by atoms with E-state index in [2.05, 4.69) is 37.0 Å². The van der Waals surface area contributed by atoms with Gasteiger partial charge in [0.25, 0.3) is 0 Å². The average molecular weight is 250 g/mol. The first-order chi connectivity index (χ1) is 8.55. The van der Waals surface area contributed by atoms with Crippen molar-refractivity contribution in [3.63, 3.8) is 0 Å². The maximum absolute atomic E-state index is 5.98. The molecule has 1 aliphatic heterocycles. The number of aryl methyl sites for hydroxylation is 1. The van der Waals surface area contributed by atoms with Gasteiger partial charge in [0.05, 0.1) is 12.2 Å². The van der Waals surface area contributed by atoms with Crippen LogP contribution in [0, 0.1) is 5.41 Å². The van der Waals surface area contributed by atoms with Gasteiger partial charge in [-0.05, 0) is 24.8 Å². The lowest BCUT2D eigenvalue weighted by Crippen LogP contribution is -2.33. The van der Waals surface area contributed by atoms with Gasteiger partial charge < -0.3 is 5.73 Å². The molecule has 102 valence electrons. The van der Waals surface area contributed by atoms with Crippen molar-refractivity contribution < 1.29 is 0 Å². The molecule has 1 fully saturated rings. The third-order valence-electron chi connectivity index (χ3n) is 3.86. The van der Waals surface area contributed by atoms with E-state index in [-0.39, 0.29) is 0 Å². The van der Waals surface area contributed by atoms with E-state index in [4.69, 9.17) is 5.73 Å². The highest BCUT2D eigenvalue weighted by molar-refractivity contribution is 5.12. The summed E-state index contributed by atoms with van der Waals surface area (Å²) in [5.74, 6) is 0. The molecule has 0 spiro atoms. The molecule has 0 amide bonds. The van der Waals surface area contributed by atoms with Gasteiger partial charge in [0.15, 0.2) is 0 Å². The molecule has 18 heavy (non-hydrogen) atoms. The van der Waals surface area contributed by atoms with Gasteiger partial charge in [-0.15, -0.1) is 0 Å². The van der Waals surface area contributed by atoms with E-state index in [9.17, 15) is 0 Å². The van der Waals surface area contributed by atoms with Crippen LogP contribution in [0.25, 0.3) is 0 Å². The summed E-state index contributed by atoms with van der Waals surface area (Å²) >= 11 is 0. The molecule has 2 rings (SSSR count). The average Bonchev–Trinajstić information content (AvgIpc) is 2.88. The Kier molecular flexibility index (Phi) is 4.07. The van der Waals surface area contributed by atoms with E-state index in [1.807, 2.05) is 10.9 Å². The minimum absolute atomic E-state index is 0.331. The summed E-state index contributed by atoms with van der Waals surface area (Å²) in [5.41, 5.74) is 7.67. The summed E-state index contributed by atoms with van der Waals surface area (Å²) in [4.78, 5) is 2.51. The van der Waals surface area contributed by atoms with Crippen LogP contribution in [0.3, 0.4) is 0 Å². The molecule has 4 heteroatoms. The van der Waals surface area contributed by atoms with E-state index >= 15 is 0 Å². The number of hydrogen-bond acceptors (Lipinski definition) is 3. The van der Waals surface area contributed by atoms with Gasteiger partial charge in [0.1, 0.15) is 0 Å². The van der Waals surface area contributed by atoms with E-state index in [1.165, 1.54) is 12.0 Å². The summed E-state index contributed by atoms with van der Waals surface area (Å²) in [6, 6.07) is 0.331. The Morgan fingerprint density at radius 1 is 1.50 bits per heavy atom. The Balaban J connectivity index is 2.08. The third-order valence-corrected chi connectivity index (χ3v) is 3.86. The Labute approximate surface area is 110 Å². The number of nitrogens with zero attached hydrogens (tertiary/aromatic N) is 3. The second-order valence-electron chi connectivity index (χ2n) is 6.17. The van der Waals surface area contributed by atoms with Crippen LogP contribution in [0.1, 0.15) is 45.2 Å². The largest absolute Gasteiger partial charge is 0.329 e. The van der Waals surface area contributed by atoms with E-state index in [0.29, 0.717) is 18.0 Å². The van der Waals surface area contributed by atoms with Crippen molar-refractivity contribution in [2.45, 2.75) is 46.2 Å². The smallest absolute Gasteiger partial charge is 0.0538 e. The first-order valence-corrected chi connectivity index (χ1v) is 7.02. The van der Waals surface area contributed by atoms with Gasteiger partial charge in [0.2, 0.25) is 0 Å². The number of hydrogen-bond donors (Lipinski definition) is 1. The van der Waals surface area contributed by atoms with Crippen molar-refractivity contribution in [3.05, 3.63) is 18.0 Å². The van der Waals surface area contributed by atoms with Crippen LogP contribution in [-0.2, 0) is 6.54 Å². The van der Waals surface area contributed by atoms with Gasteiger partial charge in [-0.25, -0.2) is 0 Å². The summed E-state index contributed by atoms with van der Waals surface area (Å²) in [7, 11) is 0. The van der Waals surface area contributed by atoms with Crippen molar-refractivity contribution in [2.24, 2.45) is 11.1 Å². The Hall–Kier alpha value is -0.870. The molecule has 0 saturated carbocycles. The zero-order valence-electron chi connectivity index (χ0n) is 11.9. The van der Waals surface area contributed by atoms with E-state index < -0.39 is 0 Å². The quantitative estimate of drug-likeness (QED) is 0.869. The maximum Gasteiger partial charge on any atom is 0.0538 e. The fourth-order valence-corrected chi connectivity index (χ4v) is 2.82. The second-order valence-corrected chi connectivity index (χ2v) is 6.17. The molecule has 0 aromatic carbocycles. The minimum atomic E-state index is 0.331. The predicted octanol–water partition coefficient (Wildman–Crippen LogP) is 2.02. The van der Waals surface area contributed by atoms with Crippen molar-refractivity contribution in [1.82, 2.24) is 14.7 Å². The van der Waals surface area contributed by atoms with Gasteiger partial charge >= 0.3 is 0 Å². The van der Waals surface area contributed by atoms with Crippen LogP contribution < -0.4 is 5.73 Å². The Morgan fingerprint density at radius 3 is 2.83 bits per heavy atom. The maximum atomic E-state index is 5.98. The molecule has 0 radical (unpaired) electrons. The van der Waals surface area contributed by atoms with Crippen molar-refractivity contribution in [3.8, 4) is 0 Å². The summed E-state index contributed by atoms with van der Waals surface area (Å²) < 4.78 is 2.03. The first kappa shape index (κ1) is 13.6. The summed E-state index contributed by atoms with van der Waals surface area (Å²) in [6.45, 7) is 10.8. The van der Waals surface area contributed by atoms with Crippen LogP contribution in [0.15, 0.2) is 12.4 Å². The highest BCUT2D eigenvalue weighted by atomic mass is 15.3. The monoisotopic (exact) mass is 250 g/mol. The zero-order chi connectivity index (χ0) is 13.2. The number of rotatable bonds is 5. The van der Waals surface area contributed by atoms with E-state index in [1.54, 1.807) is 0 Å². The highest BCUT2D eigenvalue weighted by Gasteiger charge is 2.33. The molecule has 1 aromatic rings. The van der Waals surface area contributed by atoms with Crippen molar-refractivity contribution in [2.75, 3.05) is 19.6 Å². The molecular weight excluding hydrogens is 224 g/mol. The van der Waals surface area contributed by atoms with Gasteiger partial charge in [-0.3, -0.25) is 9.58 Å². The highest BCUT2D eigenvalue weighted by Crippen LogP contribution is 2.34. The zero-order valence-corrected chi connectivity index (χ0v) is 11.9. The third kappa shape index (κ3) is 2.93. The predicted molar refractivity (Wildman–Crippen MR) is 74.3 cm³/mol. The lowest BCUT2D eigenvalue weighted by molar-refractivity contribution is 0.223. The van der Waals surface area contributed by atoms with Crippen molar-refractivity contribution >= 4 is 0 Å². The minimum Gasteiger partial charge on any atom is -0.329 e. The molecular formula is C14H26N4. The molecule has 2 heterocycles. The Morgan fingerprint density at radius 2 is 2.28 bits per heavy atom. The summed E-state index contributed by atoms with van der Waals surface area (Å²) in [6.07, 6.45) is 6.52. The lowest BCUT2D eigenvalue weighted by atomic mass is 9.93. The van der Waals surface area contributed by atoms with Gasteiger partial charge in [0, 0.05) is 31.4 Å². The molecule has 2 N–H and O–H groups in total. The topological polar surface area (TPSA) is 47.1 Å². The molecule has 1 atom stereocenters. The number of nitrogens with two attached hydrogens (primary N) is 1. The van der Waals surface area contributed by atoms with Crippen LogP contribution in [0.2, 0.25) is 0 Å². The van der Waals surface area contributed by atoms with Crippen LogP contribution >= 0.6 is 0 Å². The van der Waals surface area contributed by atoms with Crippen molar-refractivity contribution in [1.29, 1.82) is 0 Å². The van der Waals surface area contributed by atoms with Gasteiger partial charge in [-0.1, -0.05) is 20.8 Å². The SMILES string of the molecule is CCCn1cc(C(CN)N2CCC(C)(C)C2)cn1. The number of aromatic nitrogens is 2. The fraction of sp³-hybridized carbons (Fsp3) is 0.786. The molecule has 1 unspecified atom stereocenters. The number of likely N-dealkylation sites (tertiary alicyclic amines) is 1. The first-order valence-electron chi connectivity index (χ1n) is 7.02. The normalized spacial score (nSPS) is 21.3. The molecule has 4 nitrogen and oxygen atoms in total. The molecule has 1 aromatic heterocycles. The van der Waals surface area contributed by atoms with Crippen LogP contribution in [0.5, 0.6) is 0 Å². The fourth-order valence-electron chi connectivity index (χ4n) is 2.82. The standard InChI is InChI=1S/C14H26N4/c1-4-6-18-10-12(9-16-18)13(8-15)17-7-5-14(2,3)11-17/h9-10,13H,4-8,11,15H2,1-3H3. The Bertz CT molecular complexity index is 383. The van der Waals surface area contributed by atoms with Gasteiger partial charge in [-0.2, -0.15) is 5.10 Å². The lowest BCUT2D eigenvalue weighted by Gasteiger charge is -2.27.